The first-order valence-corrected chi connectivity index (χ1v) is 15.3. The van der Waals surface area contributed by atoms with Gasteiger partial charge in [0, 0.05) is 49.3 Å². The van der Waals surface area contributed by atoms with Crippen LogP contribution in [-0.2, 0) is 9.84 Å². The van der Waals surface area contributed by atoms with Gasteiger partial charge in [0.2, 0.25) is 0 Å². The molecule has 6 saturated carbocycles. The molecule has 202 valence electrons. The second-order valence-electron chi connectivity index (χ2n) is 13.8. The first-order chi connectivity index (χ1) is 17.4. The second-order valence-corrected chi connectivity index (χ2v) is 16.2. The molecule has 1 N–H and O–H groups in total. The van der Waals surface area contributed by atoms with Gasteiger partial charge in [-0.1, -0.05) is 0 Å². The number of aromatic amines is 1. The van der Waals surface area contributed by atoms with Crippen LogP contribution in [0.2, 0.25) is 0 Å². The van der Waals surface area contributed by atoms with Crippen LogP contribution in [0, 0.1) is 22.2 Å². The van der Waals surface area contributed by atoms with Gasteiger partial charge in [0.25, 0.3) is 0 Å². The molecule has 0 radical (unpaired) electrons. The number of carbonyl (C=O) groups excluding carboxylic acids is 1. The number of sulfone groups is 1. The third-order valence-corrected chi connectivity index (χ3v) is 13.8. The Kier molecular flexibility index (Phi) is 4.14. The standard InChI is InChI=1S/C25H32F3N5O3S/c26-25(27,28)23(3-4-23)14-37(35,36)24-9-22(10-24,11-24)17-7-32(8-17)20(34)33-12-21(13-33)5-16(6-21)19-29-18(30-31-19)15-1-2-15/h15-17H,1-14H2,(H,29,30,31). The Labute approximate surface area is 213 Å². The van der Waals surface area contributed by atoms with Gasteiger partial charge in [-0.3, -0.25) is 5.10 Å². The van der Waals surface area contributed by atoms with Crippen LogP contribution in [0.15, 0.2) is 0 Å². The smallest absolute Gasteiger partial charge is 0.324 e. The predicted octanol–water partition coefficient (Wildman–Crippen LogP) is 3.59. The fraction of sp³-hybridized carbons (Fsp3) is 0.880. The summed E-state index contributed by atoms with van der Waals surface area (Å²) in [5.74, 6) is 2.41. The first-order valence-electron chi connectivity index (χ1n) is 13.6. The SMILES string of the molecule is O=C(N1CC(C23CC(S(=O)(=O)CC4(C(F)(F)F)CC4)(C2)C3)C1)N1CC2(CC(c3n[nH]c(C4CC4)n3)C2)C1. The van der Waals surface area contributed by atoms with Crippen molar-refractivity contribution in [1.82, 2.24) is 25.0 Å². The molecule has 1 aromatic rings. The van der Waals surface area contributed by atoms with Crippen molar-refractivity contribution in [3.63, 3.8) is 0 Å². The van der Waals surface area contributed by atoms with Gasteiger partial charge in [-0.25, -0.2) is 18.2 Å². The van der Waals surface area contributed by atoms with Crippen molar-refractivity contribution in [1.29, 1.82) is 0 Å². The summed E-state index contributed by atoms with van der Waals surface area (Å²) < 4.78 is 64.9. The van der Waals surface area contributed by atoms with E-state index in [9.17, 15) is 26.4 Å². The maximum atomic E-state index is 13.3. The Morgan fingerprint density at radius 1 is 1.03 bits per heavy atom. The quantitative estimate of drug-likeness (QED) is 0.596. The van der Waals surface area contributed by atoms with Crippen LogP contribution in [0.4, 0.5) is 18.0 Å². The van der Waals surface area contributed by atoms with Crippen molar-refractivity contribution in [2.45, 2.75) is 80.5 Å². The summed E-state index contributed by atoms with van der Waals surface area (Å²) in [6.45, 7) is 2.82. The average Bonchev–Trinajstić information content (AvgIpc) is 3.58. The van der Waals surface area contributed by atoms with E-state index in [1.807, 2.05) is 9.80 Å². The van der Waals surface area contributed by atoms with Crippen LogP contribution >= 0.6 is 0 Å². The fourth-order valence-electron chi connectivity index (χ4n) is 8.27. The largest absolute Gasteiger partial charge is 0.395 e. The van der Waals surface area contributed by atoms with Crippen LogP contribution in [0.1, 0.15) is 81.3 Å². The fourth-order valence-corrected chi connectivity index (χ4v) is 11.3. The maximum absolute atomic E-state index is 13.3. The molecule has 8 aliphatic rings. The Hall–Kier alpha value is -1.85. The number of H-pyrrole nitrogens is 1. The van der Waals surface area contributed by atoms with Gasteiger partial charge in [0.15, 0.2) is 15.7 Å². The Balaban J connectivity index is 0.803. The molecule has 8 nitrogen and oxygen atoms in total. The van der Waals surface area contributed by atoms with Gasteiger partial charge >= 0.3 is 12.2 Å². The van der Waals surface area contributed by atoms with Crippen LogP contribution < -0.4 is 0 Å². The number of nitrogens with zero attached hydrogens (tertiary/aromatic N) is 4. The van der Waals surface area contributed by atoms with E-state index in [0.717, 1.165) is 37.6 Å². The maximum Gasteiger partial charge on any atom is 0.395 e. The Bertz CT molecular complexity index is 1260. The summed E-state index contributed by atoms with van der Waals surface area (Å²) in [7, 11) is -3.78. The van der Waals surface area contributed by atoms with E-state index in [0.29, 0.717) is 44.2 Å². The topological polar surface area (TPSA) is 99.3 Å². The van der Waals surface area contributed by atoms with E-state index < -0.39 is 31.9 Å². The molecule has 2 bridgehead atoms. The first kappa shape index (κ1) is 23.1. The highest BCUT2D eigenvalue weighted by Crippen LogP contribution is 2.76. The van der Waals surface area contributed by atoms with Crippen molar-refractivity contribution in [2.24, 2.45) is 22.2 Å². The summed E-state index contributed by atoms with van der Waals surface area (Å²) in [5, 5.41) is 7.50. The molecule has 9 rings (SSSR count). The molecule has 8 fully saturated rings. The number of amides is 2. The molecule has 0 aromatic carbocycles. The van der Waals surface area contributed by atoms with E-state index in [2.05, 4.69) is 15.2 Å². The van der Waals surface area contributed by atoms with Crippen molar-refractivity contribution >= 4 is 15.9 Å². The number of alkyl halides is 3. The lowest BCUT2D eigenvalue weighted by atomic mass is 9.38. The molecule has 1 spiro atoms. The summed E-state index contributed by atoms with van der Waals surface area (Å²) >= 11 is 0. The minimum Gasteiger partial charge on any atom is -0.324 e. The molecule has 2 aliphatic heterocycles. The third kappa shape index (κ3) is 3.07. The van der Waals surface area contributed by atoms with Crippen molar-refractivity contribution in [3.8, 4) is 0 Å². The van der Waals surface area contributed by atoms with E-state index in [1.165, 1.54) is 12.8 Å². The zero-order valence-electron chi connectivity index (χ0n) is 20.7. The number of nitrogens with one attached hydrogen (secondary N) is 1. The number of likely N-dealkylation sites (tertiary alicyclic amines) is 2. The predicted molar refractivity (Wildman–Crippen MR) is 125 cm³/mol. The molecule has 0 atom stereocenters. The lowest BCUT2D eigenvalue weighted by molar-refractivity contribution is -0.182. The number of hydrogen-bond donors (Lipinski definition) is 1. The minimum atomic E-state index is -4.44. The summed E-state index contributed by atoms with van der Waals surface area (Å²) in [5.41, 5.74) is -1.89. The van der Waals surface area contributed by atoms with Crippen LogP contribution in [0.25, 0.3) is 0 Å². The molecular weight excluding hydrogens is 507 g/mol. The molecule has 12 heteroatoms. The highest BCUT2D eigenvalue weighted by molar-refractivity contribution is 7.93. The van der Waals surface area contributed by atoms with Crippen LogP contribution in [-0.4, -0.2) is 82.3 Å². The van der Waals surface area contributed by atoms with Gasteiger partial charge in [-0.2, -0.15) is 18.3 Å². The normalized spacial score (nSPS) is 35.8. The number of urea groups is 1. The Morgan fingerprint density at radius 3 is 2.24 bits per heavy atom. The highest BCUT2D eigenvalue weighted by atomic mass is 32.2. The molecule has 6 aliphatic carbocycles. The molecular formula is C25H32F3N5O3S. The van der Waals surface area contributed by atoms with E-state index in [4.69, 9.17) is 0 Å². The molecule has 1 aromatic heterocycles. The van der Waals surface area contributed by atoms with Crippen molar-refractivity contribution in [3.05, 3.63) is 11.6 Å². The van der Waals surface area contributed by atoms with Gasteiger partial charge in [0.05, 0.1) is 15.9 Å². The summed E-state index contributed by atoms with van der Waals surface area (Å²) in [6, 6.07) is 0.0639. The van der Waals surface area contributed by atoms with Gasteiger partial charge in [-0.05, 0) is 63.2 Å². The Morgan fingerprint density at radius 2 is 1.68 bits per heavy atom. The van der Waals surface area contributed by atoms with E-state index in [-0.39, 0.29) is 35.6 Å². The molecule has 2 saturated heterocycles. The zero-order chi connectivity index (χ0) is 25.6. The van der Waals surface area contributed by atoms with Crippen LogP contribution in [0.3, 0.4) is 0 Å². The second kappa shape index (κ2) is 6.65. The molecule has 0 unspecified atom stereocenters. The van der Waals surface area contributed by atoms with E-state index >= 15 is 0 Å². The number of aromatic nitrogens is 3. The van der Waals surface area contributed by atoms with Crippen molar-refractivity contribution in [2.75, 3.05) is 31.9 Å². The summed E-state index contributed by atoms with van der Waals surface area (Å²) in [6.07, 6.45) is 1.27. The molecule has 37 heavy (non-hydrogen) atoms. The van der Waals surface area contributed by atoms with Gasteiger partial charge < -0.3 is 9.80 Å². The van der Waals surface area contributed by atoms with Crippen LogP contribution in [0.5, 0.6) is 0 Å². The third-order valence-electron chi connectivity index (χ3n) is 11.2. The lowest BCUT2D eigenvalue weighted by Gasteiger charge is -2.74. The molecule has 2 amide bonds. The van der Waals surface area contributed by atoms with Gasteiger partial charge in [0.1, 0.15) is 5.82 Å². The minimum absolute atomic E-state index is 0.0639. The monoisotopic (exact) mass is 539 g/mol. The van der Waals surface area contributed by atoms with Gasteiger partial charge in [-0.15, -0.1) is 0 Å². The number of hydrogen-bond acceptors (Lipinski definition) is 5. The number of rotatable bonds is 6. The average molecular weight is 540 g/mol. The highest BCUT2D eigenvalue weighted by Gasteiger charge is 2.78. The number of halogens is 3. The zero-order valence-corrected chi connectivity index (χ0v) is 21.5. The number of carbonyl (C=O) groups is 1. The summed E-state index contributed by atoms with van der Waals surface area (Å²) in [4.78, 5) is 21.4. The lowest BCUT2D eigenvalue weighted by Crippen LogP contribution is -2.78. The van der Waals surface area contributed by atoms with E-state index in [1.54, 1.807) is 0 Å². The molecule has 3 heterocycles. The van der Waals surface area contributed by atoms with Crippen molar-refractivity contribution < 1.29 is 26.4 Å².